The van der Waals surface area contributed by atoms with Crippen molar-refractivity contribution >= 4 is 24.0 Å². The Morgan fingerprint density at radius 3 is 1.48 bits per heavy atom. The second kappa shape index (κ2) is 5.92. The van der Waals surface area contributed by atoms with Gasteiger partial charge < -0.3 is 0 Å². The molecule has 0 aromatic carbocycles. The van der Waals surface area contributed by atoms with E-state index in [1.807, 2.05) is 11.3 Å². The molecule has 2 heteroatoms. The predicted molar refractivity (Wildman–Crippen MR) is 102 cm³/mol. The van der Waals surface area contributed by atoms with Crippen molar-refractivity contribution in [2.24, 2.45) is 5.41 Å². The lowest BCUT2D eigenvalue weighted by molar-refractivity contribution is 0.200. The van der Waals surface area contributed by atoms with Crippen molar-refractivity contribution in [2.45, 2.75) is 90.7 Å². The molecule has 1 aromatic heterocycles. The van der Waals surface area contributed by atoms with Crippen LogP contribution in [0.1, 0.15) is 84.9 Å². The van der Waals surface area contributed by atoms with Gasteiger partial charge in [-0.25, -0.2) is 0 Å². The van der Waals surface area contributed by atoms with Gasteiger partial charge in [-0.3, -0.25) is 0 Å². The Morgan fingerprint density at radius 2 is 1.19 bits per heavy atom. The van der Waals surface area contributed by atoms with Crippen molar-refractivity contribution in [1.29, 1.82) is 0 Å². The fraction of sp³-hybridized carbons (Fsp3) is 0.789. The van der Waals surface area contributed by atoms with Crippen molar-refractivity contribution in [1.82, 2.24) is 0 Å². The number of hydrogen-bond donors (Lipinski definition) is 1. The van der Waals surface area contributed by atoms with E-state index in [4.69, 9.17) is 12.6 Å². The Labute approximate surface area is 142 Å². The standard InChI is InChI=1S/C19H34S2/c1-10-18(8,16(3,4)5)14-12-13-15(21-14)19(9,11-2)17(6,7)20/h12-13,20H,10-11H2,1-9H3. The molecular formula is C19H34S2. The van der Waals surface area contributed by atoms with Gasteiger partial charge in [0, 0.05) is 25.3 Å². The second-order valence-corrected chi connectivity index (χ2v) is 10.5. The molecule has 2 atom stereocenters. The summed E-state index contributed by atoms with van der Waals surface area (Å²) in [6.45, 7) is 20.9. The lowest BCUT2D eigenvalue weighted by atomic mass is 9.65. The van der Waals surface area contributed by atoms with Crippen molar-refractivity contribution in [3.63, 3.8) is 0 Å². The van der Waals surface area contributed by atoms with Crippen molar-refractivity contribution < 1.29 is 0 Å². The SMILES string of the molecule is CCC(C)(c1ccc(C(C)(CC)C(C)(C)S)s1)C(C)(C)C. The topological polar surface area (TPSA) is 0 Å². The largest absolute Gasteiger partial charge is 0.172 e. The van der Waals surface area contributed by atoms with Gasteiger partial charge in [0.1, 0.15) is 0 Å². The first kappa shape index (κ1) is 19.1. The molecule has 0 aliphatic carbocycles. The molecule has 1 aromatic rings. The highest BCUT2D eigenvalue weighted by Gasteiger charge is 2.42. The number of rotatable bonds is 5. The van der Waals surface area contributed by atoms with Crippen LogP contribution in [0.15, 0.2) is 12.1 Å². The lowest BCUT2D eigenvalue weighted by Gasteiger charge is -2.42. The molecule has 0 nitrogen and oxygen atoms in total. The van der Waals surface area contributed by atoms with E-state index in [0.717, 1.165) is 6.42 Å². The highest BCUT2D eigenvalue weighted by atomic mass is 32.1. The average molecular weight is 327 g/mol. The fourth-order valence-corrected chi connectivity index (χ4v) is 5.08. The Balaban J connectivity index is 3.35. The summed E-state index contributed by atoms with van der Waals surface area (Å²) in [6.07, 6.45) is 2.28. The molecule has 0 aliphatic heterocycles. The zero-order valence-corrected chi connectivity index (χ0v) is 17.1. The summed E-state index contributed by atoms with van der Waals surface area (Å²) in [5.41, 5.74) is 0.611. The lowest BCUT2D eigenvalue weighted by Crippen LogP contribution is -2.39. The summed E-state index contributed by atoms with van der Waals surface area (Å²) in [7, 11) is 0. The minimum absolute atomic E-state index is 0.0196. The summed E-state index contributed by atoms with van der Waals surface area (Å²) in [6, 6.07) is 4.71. The van der Waals surface area contributed by atoms with E-state index in [-0.39, 0.29) is 21.0 Å². The smallest absolute Gasteiger partial charge is 0.0175 e. The van der Waals surface area contributed by atoms with Gasteiger partial charge in [-0.1, -0.05) is 62.3 Å². The van der Waals surface area contributed by atoms with E-state index in [0.29, 0.717) is 0 Å². The van der Waals surface area contributed by atoms with Crippen LogP contribution in [-0.2, 0) is 10.8 Å². The van der Waals surface area contributed by atoms with Crippen LogP contribution in [0.3, 0.4) is 0 Å². The summed E-state index contributed by atoms with van der Waals surface area (Å²) < 4.78 is -0.0196. The first-order valence-corrected chi connectivity index (χ1v) is 9.43. The van der Waals surface area contributed by atoms with Crippen LogP contribution in [0, 0.1) is 5.41 Å². The number of hydrogen-bond acceptors (Lipinski definition) is 2. The van der Waals surface area contributed by atoms with E-state index >= 15 is 0 Å². The highest BCUT2D eigenvalue weighted by Crippen LogP contribution is 2.50. The molecule has 0 spiro atoms. The van der Waals surface area contributed by atoms with Gasteiger partial charge in [0.05, 0.1) is 0 Å². The molecule has 1 heterocycles. The maximum atomic E-state index is 4.90. The Kier molecular flexibility index (Phi) is 5.39. The molecule has 21 heavy (non-hydrogen) atoms. The van der Waals surface area contributed by atoms with Crippen LogP contribution >= 0.6 is 24.0 Å². The summed E-state index contributed by atoms with van der Waals surface area (Å²) in [5.74, 6) is 0. The van der Waals surface area contributed by atoms with Gasteiger partial charge >= 0.3 is 0 Å². The molecule has 0 aliphatic rings. The molecule has 0 N–H and O–H groups in total. The van der Waals surface area contributed by atoms with Gasteiger partial charge in [0.25, 0.3) is 0 Å². The molecule has 2 unspecified atom stereocenters. The van der Waals surface area contributed by atoms with Gasteiger partial charge in [-0.05, 0) is 30.4 Å². The normalized spacial score (nSPS) is 19.1. The zero-order valence-electron chi connectivity index (χ0n) is 15.4. The van der Waals surface area contributed by atoms with Gasteiger partial charge in [0.2, 0.25) is 0 Å². The minimum atomic E-state index is -0.0196. The molecule has 122 valence electrons. The first-order valence-electron chi connectivity index (χ1n) is 8.16. The molecule has 0 saturated carbocycles. The first-order chi connectivity index (χ1) is 9.33. The van der Waals surface area contributed by atoms with Crippen molar-refractivity contribution in [3.8, 4) is 0 Å². The summed E-state index contributed by atoms with van der Waals surface area (Å²) in [5, 5.41) is 0. The van der Waals surface area contributed by atoms with Crippen LogP contribution in [0.4, 0.5) is 0 Å². The average Bonchev–Trinajstić information content (AvgIpc) is 2.84. The van der Waals surface area contributed by atoms with Gasteiger partial charge in [-0.2, -0.15) is 12.6 Å². The molecule has 0 amide bonds. The molecule has 1 rings (SSSR count). The van der Waals surface area contributed by atoms with E-state index in [1.54, 1.807) is 0 Å². The summed E-state index contributed by atoms with van der Waals surface area (Å²) in [4.78, 5) is 2.99. The molecule has 0 radical (unpaired) electrons. The fourth-order valence-electron chi connectivity index (χ4n) is 2.91. The van der Waals surface area contributed by atoms with Gasteiger partial charge in [-0.15, -0.1) is 11.3 Å². The maximum absolute atomic E-state index is 4.90. The van der Waals surface area contributed by atoms with Crippen LogP contribution in [-0.4, -0.2) is 4.75 Å². The second-order valence-electron chi connectivity index (χ2n) is 8.34. The minimum Gasteiger partial charge on any atom is -0.172 e. The van der Waals surface area contributed by atoms with E-state index in [1.165, 1.54) is 16.2 Å². The number of thiol groups is 1. The monoisotopic (exact) mass is 326 g/mol. The Bertz CT molecular complexity index is 430. The Hall–Kier alpha value is 0.0500. The quantitative estimate of drug-likeness (QED) is 0.563. The Morgan fingerprint density at radius 1 is 0.810 bits per heavy atom. The van der Waals surface area contributed by atoms with Crippen LogP contribution in [0.5, 0.6) is 0 Å². The van der Waals surface area contributed by atoms with Crippen molar-refractivity contribution in [2.75, 3.05) is 0 Å². The highest BCUT2D eigenvalue weighted by molar-refractivity contribution is 7.81. The van der Waals surface area contributed by atoms with Crippen LogP contribution in [0.2, 0.25) is 0 Å². The molecular weight excluding hydrogens is 292 g/mol. The van der Waals surface area contributed by atoms with E-state index < -0.39 is 0 Å². The summed E-state index contributed by atoms with van der Waals surface area (Å²) >= 11 is 6.90. The van der Waals surface area contributed by atoms with Crippen molar-refractivity contribution in [3.05, 3.63) is 21.9 Å². The van der Waals surface area contributed by atoms with E-state index in [9.17, 15) is 0 Å². The molecule has 0 bridgehead atoms. The molecule has 0 saturated heterocycles. The third-order valence-electron chi connectivity index (χ3n) is 6.11. The predicted octanol–water partition coefficient (Wildman–Crippen LogP) is 6.84. The van der Waals surface area contributed by atoms with Crippen LogP contribution < -0.4 is 0 Å². The third-order valence-corrected chi connectivity index (χ3v) is 8.22. The van der Waals surface area contributed by atoms with Crippen LogP contribution in [0.25, 0.3) is 0 Å². The third kappa shape index (κ3) is 3.22. The number of thiophene rings is 1. The molecule has 0 fully saturated rings. The van der Waals surface area contributed by atoms with Gasteiger partial charge in [0.15, 0.2) is 0 Å². The van der Waals surface area contributed by atoms with E-state index in [2.05, 4.69) is 74.4 Å². The zero-order chi connectivity index (χ0) is 16.7. The maximum Gasteiger partial charge on any atom is 0.0175 e.